The minimum Gasteiger partial charge on any atom is -0.494 e. The van der Waals surface area contributed by atoms with Crippen molar-refractivity contribution in [2.75, 3.05) is 25.5 Å². The van der Waals surface area contributed by atoms with E-state index in [1.807, 2.05) is 29.8 Å². The zero-order valence-corrected chi connectivity index (χ0v) is 19.5. The number of aromatic nitrogens is 5. The summed E-state index contributed by atoms with van der Waals surface area (Å²) in [5.41, 5.74) is 2.94. The molecule has 0 spiro atoms. The summed E-state index contributed by atoms with van der Waals surface area (Å²) in [6.07, 6.45) is -0.797. The highest BCUT2D eigenvalue weighted by Crippen LogP contribution is 2.31. The highest BCUT2D eigenvalue weighted by Gasteiger charge is 2.36. The average molecular weight is 501 g/mol. The first-order valence-corrected chi connectivity index (χ1v) is 11.1. The summed E-state index contributed by atoms with van der Waals surface area (Å²) >= 11 is 0. The number of hydrogen-bond acceptors (Lipinski definition) is 6. The third-order valence-corrected chi connectivity index (χ3v) is 5.88. The van der Waals surface area contributed by atoms with Gasteiger partial charge in [0.05, 0.1) is 43.9 Å². The summed E-state index contributed by atoms with van der Waals surface area (Å²) in [7, 11) is 1.56. The van der Waals surface area contributed by atoms with Crippen LogP contribution >= 0.6 is 0 Å². The number of fused-ring (bicyclic) bond motifs is 1. The van der Waals surface area contributed by atoms with Crippen molar-refractivity contribution in [1.82, 2.24) is 29.2 Å². The van der Waals surface area contributed by atoms with Gasteiger partial charge >= 0.3 is 6.18 Å². The van der Waals surface area contributed by atoms with Gasteiger partial charge in [-0.1, -0.05) is 12.1 Å². The Balaban J connectivity index is 1.44. The lowest BCUT2D eigenvalue weighted by molar-refractivity contribution is -0.149. The quantitative estimate of drug-likeness (QED) is 0.389. The van der Waals surface area contributed by atoms with E-state index in [-0.39, 0.29) is 19.0 Å². The van der Waals surface area contributed by atoms with Gasteiger partial charge in [-0.25, -0.2) is 14.1 Å². The van der Waals surface area contributed by atoms with E-state index in [9.17, 15) is 17.6 Å². The van der Waals surface area contributed by atoms with Crippen LogP contribution in [0.25, 0.3) is 5.69 Å². The molecule has 1 aliphatic heterocycles. The van der Waals surface area contributed by atoms with Gasteiger partial charge in [0.2, 0.25) is 5.95 Å². The minimum absolute atomic E-state index is 0.0197. The SMILES string of the molecule is COc1cc(Nc2nc3n(n2)C(c2ccc(F)cc2)CN(CC(F)(F)F)C3)ccc1-n1cnc(C)c1. The largest absolute Gasteiger partial charge is 0.494 e. The summed E-state index contributed by atoms with van der Waals surface area (Å²) in [6.45, 7) is 0.856. The Labute approximate surface area is 204 Å². The molecule has 188 valence electrons. The van der Waals surface area contributed by atoms with Crippen molar-refractivity contribution in [3.63, 3.8) is 0 Å². The first-order valence-electron chi connectivity index (χ1n) is 11.1. The zero-order valence-electron chi connectivity index (χ0n) is 19.5. The lowest BCUT2D eigenvalue weighted by Gasteiger charge is -2.33. The predicted octanol–water partition coefficient (Wildman–Crippen LogP) is 4.63. The molecule has 1 aliphatic rings. The monoisotopic (exact) mass is 501 g/mol. The summed E-state index contributed by atoms with van der Waals surface area (Å²) in [4.78, 5) is 9.97. The molecule has 12 heteroatoms. The van der Waals surface area contributed by atoms with Crippen LogP contribution in [0.3, 0.4) is 0 Å². The molecule has 0 aliphatic carbocycles. The molecule has 0 amide bonds. The van der Waals surface area contributed by atoms with Crippen LogP contribution in [0.2, 0.25) is 0 Å². The second-order valence-corrected chi connectivity index (χ2v) is 8.58. The van der Waals surface area contributed by atoms with Crippen LogP contribution in [0.15, 0.2) is 55.0 Å². The molecule has 0 saturated carbocycles. The van der Waals surface area contributed by atoms with Gasteiger partial charge in [-0.15, -0.1) is 5.10 Å². The normalized spacial score (nSPS) is 16.1. The molecule has 0 radical (unpaired) electrons. The van der Waals surface area contributed by atoms with Gasteiger partial charge in [0, 0.05) is 24.5 Å². The fourth-order valence-electron chi connectivity index (χ4n) is 4.31. The van der Waals surface area contributed by atoms with Crippen molar-refractivity contribution >= 4 is 11.6 Å². The van der Waals surface area contributed by atoms with Crippen LogP contribution in [-0.2, 0) is 6.54 Å². The van der Waals surface area contributed by atoms with Gasteiger partial charge in [0.25, 0.3) is 0 Å². The number of nitrogens with one attached hydrogen (secondary N) is 1. The Morgan fingerprint density at radius 1 is 1.14 bits per heavy atom. The number of aryl methyl sites for hydroxylation is 1. The number of imidazole rings is 1. The maximum atomic E-state index is 13.5. The van der Waals surface area contributed by atoms with Crippen LogP contribution in [0.1, 0.15) is 23.1 Å². The number of ether oxygens (including phenoxy) is 1. The molecule has 2 aromatic heterocycles. The minimum atomic E-state index is -4.36. The second-order valence-electron chi connectivity index (χ2n) is 8.58. The smallest absolute Gasteiger partial charge is 0.401 e. The van der Waals surface area contributed by atoms with E-state index in [4.69, 9.17) is 4.74 Å². The van der Waals surface area contributed by atoms with Gasteiger partial charge in [-0.3, -0.25) is 4.90 Å². The standard InChI is InChI=1S/C24H23F4N7O/c1-15-10-34(14-29-15)19-8-7-18(9-21(19)36-2)30-23-31-22-12-33(13-24(26,27)28)11-20(35(22)32-23)16-3-5-17(25)6-4-16/h3-10,14,20H,11-13H2,1-2H3,(H,30,32). The highest BCUT2D eigenvalue weighted by atomic mass is 19.4. The van der Waals surface area contributed by atoms with Gasteiger partial charge in [-0.2, -0.15) is 18.2 Å². The number of rotatable bonds is 6. The van der Waals surface area contributed by atoms with E-state index in [0.717, 1.165) is 11.4 Å². The molecule has 1 N–H and O–H groups in total. The summed E-state index contributed by atoms with van der Waals surface area (Å²) in [6, 6.07) is 10.6. The molecular formula is C24H23F4N7O. The molecule has 0 fully saturated rings. The number of methoxy groups -OCH3 is 1. The van der Waals surface area contributed by atoms with E-state index in [0.29, 0.717) is 22.8 Å². The fourth-order valence-corrected chi connectivity index (χ4v) is 4.31. The predicted molar refractivity (Wildman–Crippen MR) is 124 cm³/mol. The van der Waals surface area contributed by atoms with Crippen LogP contribution in [0.4, 0.5) is 29.2 Å². The molecule has 36 heavy (non-hydrogen) atoms. The van der Waals surface area contributed by atoms with E-state index < -0.39 is 24.6 Å². The molecular weight excluding hydrogens is 478 g/mol. The van der Waals surface area contributed by atoms with Crippen molar-refractivity contribution in [2.24, 2.45) is 0 Å². The van der Waals surface area contributed by atoms with Crippen molar-refractivity contribution in [3.05, 3.63) is 77.9 Å². The third kappa shape index (κ3) is 5.03. The van der Waals surface area contributed by atoms with Crippen molar-refractivity contribution in [3.8, 4) is 11.4 Å². The Morgan fingerprint density at radius 3 is 2.58 bits per heavy atom. The number of alkyl halides is 3. The molecule has 4 aromatic rings. The van der Waals surface area contributed by atoms with Gasteiger partial charge in [0.15, 0.2) is 0 Å². The fraction of sp³-hybridized carbons (Fsp3) is 0.292. The molecule has 8 nitrogen and oxygen atoms in total. The Kier molecular flexibility index (Phi) is 6.12. The van der Waals surface area contributed by atoms with Gasteiger partial charge < -0.3 is 14.6 Å². The third-order valence-electron chi connectivity index (χ3n) is 5.88. The van der Waals surface area contributed by atoms with E-state index >= 15 is 0 Å². The van der Waals surface area contributed by atoms with Crippen LogP contribution < -0.4 is 10.1 Å². The number of anilines is 2. The molecule has 0 bridgehead atoms. The van der Waals surface area contributed by atoms with Crippen molar-refractivity contribution in [2.45, 2.75) is 25.7 Å². The maximum absolute atomic E-state index is 13.5. The van der Waals surface area contributed by atoms with E-state index in [2.05, 4.69) is 20.4 Å². The maximum Gasteiger partial charge on any atom is 0.401 e. The van der Waals surface area contributed by atoms with E-state index in [1.54, 1.807) is 36.3 Å². The highest BCUT2D eigenvalue weighted by molar-refractivity contribution is 5.62. The lowest BCUT2D eigenvalue weighted by atomic mass is 10.0. The first-order chi connectivity index (χ1) is 17.2. The molecule has 1 atom stereocenters. The molecule has 1 unspecified atom stereocenters. The Morgan fingerprint density at radius 2 is 1.92 bits per heavy atom. The van der Waals surface area contributed by atoms with Crippen LogP contribution in [0, 0.1) is 12.7 Å². The topological polar surface area (TPSA) is 73.0 Å². The Hall–Kier alpha value is -3.93. The summed E-state index contributed by atoms with van der Waals surface area (Å²) < 4.78 is 61.9. The summed E-state index contributed by atoms with van der Waals surface area (Å²) in [5, 5.41) is 7.65. The first kappa shape index (κ1) is 23.8. The molecule has 0 saturated heterocycles. The van der Waals surface area contributed by atoms with Crippen LogP contribution in [0.5, 0.6) is 5.75 Å². The van der Waals surface area contributed by atoms with Crippen molar-refractivity contribution < 1.29 is 22.3 Å². The number of nitrogens with zero attached hydrogens (tertiary/aromatic N) is 6. The molecule has 2 aromatic carbocycles. The number of hydrogen-bond donors (Lipinski definition) is 1. The lowest BCUT2D eigenvalue weighted by Crippen LogP contribution is -2.43. The van der Waals surface area contributed by atoms with Gasteiger partial charge in [0.1, 0.15) is 17.4 Å². The Bertz CT molecular complexity index is 1360. The molecule has 5 rings (SSSR count). The van der Waals surface area contributed by atoms with Gasteiger partial charge in [-0.05, 0) is 36.8 Å². The zero-order chi connectivity index (χ0) is 25.4. The van der Waals surface area contributed by atoms with Crippen LogP contribution in [-0.4, -0.2) is 55.6 Å². The second kappa shape index (κ2) is 9.26. The molecule has 3 heterocycles. The summed E-state index contributed by atoms with van der Waals surface area (Å²) in [5.74, 6) is 0.770. The average Bonchev–Trinajstić information content (AvgIpc) is 3.43. The number of benzene rings is 2. The number of halogens is 4. The van der Waals surface area contributed by atoms with E-state index in [1.165, 1.54) is 17.0 Å². The van der Waals surface area contributed by atoms with Crippen molar-refractivity contribution in [1.29, 1.82) is 0 Å².